The maximum atomic E-state index is 13.5. The lowest BCUT2D eigenvalue weighted by Crippen LogP contribution is -2.19. The molecule has 0 aliphatic rings. The molecular weight excluding hydrogens is 620 g/mol. The number of hydrogen-bond acceptors (Lipinski definition) is 7. The zero-order valence-corrected chi connectivity index (χ0v) is 25.0. The summed E-state index contributed by atoms with van der Waals surface area (Å²) in [5, 5.41) is 0.796. The number of carbonyl (C=O) groups excluding carboxylic acids is 3. The number of unbranched alkanes of at least 4 members (excludes halogenated alkanes) is 2. The minimum atomic E-state index is -0.335. The highest BCUT2D eigenvalue weighted by Gasteiger charge is 2.23. The van der Waals surface area contributed by atoms with Gasteiger partial charge in [-0.25, -0.2) is 0 Å². The van der Waals surface area contributed by atoms with E-state index in [1.165, 1.54) is 13.8 Å². The first-order valence-corrected chi connectivity index (χ1v) is 14.3. The van der Waals surface area contributed by atoms with Gasteiger partial charge in [-0.05, 0) is 75.7 Å². The van der Waals surface area contributed by atoms with Crippen LogP contribution in [0.1, 0.15) is 74.6 Å². The summed E-state index contributed by atoms with van der Waals surface area (Å²) in [6.07, 6.45) is 4.01. The van der Waals surface area contributed by atoms with E-state index in [0.717, 1.165) is 24.6 Å². The van der Waals surface area contributed by atoms with Crippen LogP contribution >= 0.6 is 31.9 Å². The Bertz CT molecular complexity index is 1260. The highest BCUT2D eigenvalue weighted by Crippen LogP contribution is 2.37. The van der Waals surface area contributed by atoms with Gasteiger partial charge in [0.15, 0.2) is 5.78 Å². The van der Waals surface area contributed by atoms with Gasteiger partial charge < -0.3 is 18.6 Å². The Labute approximate surface area is 239 Å². The van der Waals surface area contributed by atoms with Gasteiger partial charge in [0, 0.05) is 37.6 Å². The van der Waals surface area contributed by atoms with Crippen LogP contribution in [0.3, 0.4) is 0 Å². The molecule has 9 heteroatoms. The van der Waals surface area contributed by atoms with Gasteiger partial charge in [-0.2, -0.15) is 0 Å². The molecule has 38 heavy (non-hydrogen) atoms. The molecule has 3 aromatic rings. The Morgan fingerprint density at radius 1 is 0.921 bits per heavy atom. The highest BCUT2D eigenvalue weighted by molar-refractivity contribution is 9.11. The molecule has 3 rings (SSSR count). The predicted octanol–water partition coefficient (Wildman–Crippen LogP) is 7.58. The van der Waals surface area contributed by atoms with Crippen molar-refractivity contribution >= 4 is 60.6 Å². The Kier molecular flexibility index (Phi) is 11.4. The van der Waals surface area contributed by atoms with Crippen molar-refractivity contribution in [3.05, 3.63) is 62.2 Å². The number of furan rings is 1. The quantitative estimate of drug-likeness (QED) is 0.101. The van der Waals surface area contributed by atoms with Crippen molar-refractivity contribution in [2.75, 3.05) is 13.2 Å². The van der Waals surface area contributed by atoms with Crippen molar-refractivity contribution in [3.8, 4) is 5.75 Å². The first-order valence-electron chi connectivity index (χ1n) is 12.7. The largest absolute Gasteiger partial charge is 0.491 e. The van der Waals surface area contributed by atoms with E-state index in [-0.39, 0.29) is 23.8 Å². The summed E-state index contributed by atoms with van der Waals surface area (Å²) >= 11 is 7.09. The van der Waals surface area contributed by atoms with Crippen molar-refractivity contribution in [2.45, 2.75) is 65.4 Å². The number of aryl methyl sites for hydroxylation is 1. The maximum absolute atomic E-state index is 13.5. The molecule has 0 amide bonds. The van der Waals surface area contributed by atoms with Crippen LogP contribution in [0.25, 0.3) is 11.0 Å². The van der Waals surface area contributed by atoms with Crippen LogP contribution in [0.4, 0.5) is 0 Å². The van der Waals surface area contributed by atoms with Crippen LogP contribution < -0.4 is 4.74 Å². The summed E-state index contributed by atoms with van der Waals surface area (Å²) in [5.74, 6) is 0.487. The molecule has 1 heterocycles. The number of esters is 2. The van der Waals surface area contributed by atoms with E-state index in [1.54, 1.807) is 12.1 Å². The molecule has 0 radical (unpaired) electrons. The molecule has 7 nitrogen and oxygen atoms in total. The molecule has 0 N–H and O–H groups in total. The summed E-state index contributed by atoms with van der Waals surface area (Å²) in [6.45, 7) is 5.46. The molecule has 0 saturated heterocycles. The third-order valence-electron chi connectivity index (χ3n) is 5.97. The lowest BCUT2D eigenvalue weighted by molar-refractivity contribution is -0.147. The van der Waals surface area contributed by atoms with Gasteiger partial charge in [-0.3, -0.25) is 14.4 Å². The molecule has 0 bridgehead atoms. The van der Waals surface area contributed by atoms with E-state index in [4.69, 9.17) is 18.6 Å². The average Bonchev–Trinajstić information content (AvgIpc) is 3.25. The van der Waals surface area contributed by atoms with Crippen LogP contribution in [0.2, 0.25) is 0 Å². The fourth-order valence-electron chi connectivity index (χ4n) is 4.22. The zero-order valence-electron chi connectivity index (χ0n) is 21.8. The summed E-state index contributed by atoms with van der Waals surface area (Å²) < 4.78 is 23.6. The van der Waals surface area contributed by atoms with E-state index in [1.807, 2.05) is 31.2 Å². The summed E-state index contributed by atoms with van der Waals surface area (Å²) in [7, 11) is 0. The van der Waals surface area contributed by atoms with Crippen molar-refractivity contribution < 1.29 is 33.0 Å². The van der Waals surface area contributed by atoms with Crippen LogP contribution in [0.15, 0.2) is 49.8 Å². The fraction of sp³-hybridized carbons (Fsp3) is 0.414. The molecule has 0 saturated carbocycles. The molecule has 1 atom stereocenters. The Balaban J connectivity index is 1.63. The number of para-hydroxylation sites is 1. The molecule has 2 aromatic carbocycles. The SMILES string of the molecule is CCc1oc2ccccc2c1C(=O)c1cc(Br)c(OCC[C@@H](CCCCCOC(C)=O)OC(C)=O)c(Br)c1. The van der Waals surface area contributed by atoms with Gasteiger partial charge in [-0.1, -0.05) is 25.1 Å². The van der Waals surface area contributed by atoms with Crippen molar-refractivity contribution in [2.24, 2.45) is 0 Å². The highest BCUT2D eigenvalue weighted by atomic mass is 79.9. The molecule has 0 fully saturated rings. The van der Waals surface area contributed by atoms with Crippen LogP contribution in [0.5, 0.6) is 5.75 Å². The van der Waals surface area contributed by atoms with Gasteiger partial charge >= 0.3 is 11.9 Å². The fourth-order valence-corrected chi connectivity index (χ4v) is 5.64. The summed E-state index contributed by atoms with van der Waals surface area (Å²) in [5.41, 5.74) is 1.77. The topological polar surface area (TPSA) is 92.0 Å². The first-order chi connectivity index (χ1) is 18.2. The molecule has 0 aliphatic heterocycles. The Hall–Kier alpha value is -2.65. The Morgan fingerprint density at radius 3 is 2.29 bits per heavy atom. The van der Waals surface area contributed by atoms with E-state index in [2.05, 4.69) is 31.9 Å². The number of fused-ring (bicyclic) bond motifs is 1. The number of carbonyl (C=O) groups is 3. The third-order valence-corrected chi connectivity index (χ3v) is 7.15. The molecule has 0 spiro atoms. The molecule has 0 unspecified atom stereocenters. The predicted molar refractivity (Wildman–Crippen MR) is 152 cm³/mol. The van der Waals surface area contributed by atoms with Gasteiger partial charge in [0.2, 0.25) is 0 Å². The maximum Gasteiger partial charge on any atom is 0.302 e. The van der Waals surface area contributed by atoms with Crippen molar-refractivity contribution in [3.63, 3.8) is 0 Å². The lowest BCUT2D eigenvalue weighted by Gasteiger charge is -2.18. The van der Waals surface area contributed by atoms with Gasteiger partial charge in [0.05, 0.1) is 27.7 Å². The number of halogens is 2. The second-order valence-corrected chi connectivity index (χ2v) is 10.6. The van der Waals surface area contributed by atoms with Crippen LogP contribution in [0, 0.1) is 0 Å². The van der Waals surface area contributed by atoms with Crippen molar-refractivity contribution in [1.29, 1.82) is 0 Å². The molecule has 204 valence electrons. The smallest absolute Gasteiger partial charge is 0.302 e. The molecule has 0 aliphatic carbocycles. The minimum Gasteiger partial charge on any atom is -0.491 e. The number of ether oxygens (including phenoxy) is 3. The van der Waals surface area contributed by atoms with E-state index >= 15 is 0 Å². The average molecular weight is 652 g/mol. The summed E-state index contributed by atoms with van der Waals surface area (Å²) in [6, 6.07) is 11.0. The van der Waals surface area contributed by atoms with Gasteiger partial charge in [0.25, 0.3) is 0 Å². The van der Waals surface area contributed by atoms with Crippen molar-refractivity contribution in [1.82, 2.24) is 0 Å². The lowest BCUT2D eigenvalue weighted by atomic mass is 9.99. The minimum absolute atomic E-state index is 0.122. The first kappa shape index (κ1) is 29.9. The number of rotatable bonds is 14. The second-order valence-electron chi connectivity index (χ2n) is 8.91. The number of hydrogen-bond donors (Lipinski definition) is 0. The number of benzene rings is 2. The summed E-state index contributed by atoms with van der Waals surface area (Å²) in [4.78, 5) is 35.9. The standard InChI is InChI=1S/C29H32Br2O7/c1-4-25-27(22-11-7-8-12-26(22)38-25)28(34)20-16-23(30)29(24(31)17-20)36-15-13-21(37-19(3)33)10-6-5-9-14-35-18(2)32/h7-8,11-12,16-17,21H,4-6,9-10,13-15H2,1-3H3/t21-/m1/s1. The number of ketones is 1. The Morgan fingerprint density at radius 2 is 1.63 bits per heavy atom. The van der Waals surface area contributed by atoms with Crippen LogP contribution in [-0.4, -0.2) is 37.0 Å². The molecule has 1 aromatic heterocycles. The second kappa shape index (κ2) is 14.5. The monoisotopic (exact) mass is 650 g/mol. The van der Waals surface area contributed by atoms with E-state index < -0.39 is 0 Å². The van der Waals surface area contributed by atoms with Gasteiger partial charge in [0.1, 0.15) is 23.2 Å². The zero-order chi connectivity index (χ0) is 27.7. The third kappa shape index (κ3) is 8.17. The van der Waals surface area contributed by atoms with E-state index in [0.29, 0.717) is 69.6 Å². The van der Waals surface area contributed by atoms with Gasteiger partial charge in [-0.15, -0.1) is 0 Å². The molecular formula is C29H32Br2O7. The van der Waals surface area contributed by atoms with E-state index in [9.17, 15) is 14.4 Å². The normalized spacial score (nSPS) is 11.8. The van der Waals surface area contributed by atoms with Crippen LogP contribution in [-0.2, 0) is 25.5 Å².